The van der Waals surface area contributed by atoms with Gasteiger partial charge in [0.1, 0.15) is 5.69 Å². The molecular weight excluding hydrogens is 380 g/mol. The Bertz CT molecular complexity index is 1310. The highest BCUT2D eigenvalue weighted by Crippen LogP contribution is 2.40. The van der Waals surface area contributed by atoms with Gasteiger partial charge in [-0.2, -0.15) is 0 Å². The first-order valence-corrected chi connectivity index (χ1v) is 9.90. The molecule has 0 unspecified atom stereocenters. The Morgan fingerprint density at radius 2 is 1.62 bits per heavy atom. The van der Waals surface area contributed by atoms with Crippen molar-refractivity contribution in [3.8, 4) is 33.8 Å². The van der Waals surface area contributed by atoms with Gasteiger partial charge < -0.3 is 9.51 Å². The van der Waals surface area contributed by atoms with E-state index in [1.54, 1.807) is 0 Å². The third-order valence-corrected chi connectivity index (χ3v) is 5.71. The Labute approximate surface area is 173 Å². The van der Waals surface area contributed by atoms with Crippen molar-refractivity contribution in [1.82, 2.24) is 10.1 Å². The lowest BCUT2D eigenvalue weighted by Crippen LogP contribution is -1.82. The predicted octanol–water partition coefficient (Wildman–Crippen LogP) is 7.43. The fraction of sp³-hybridized carbons (Fsp3) is 0.0800. The summed E-state index contributed by atoms with van der Waals surface area (Å²) in [6.07, 6.45) is 0. The molecule has 0 radical (unpaired) electrons. The molecule has 5 aromatic rings. The van der Waals surface area contributed by atoms with Crippen LogP contribution in [0.15, 0.2) is 77.3 Å². The van der Waals surface area contributed by atoms with Crippen molar-refractivity contribution >= 4 is 22.5 Å². The molecule has 3 aromatic carbocycles. The van der Waals surface area contributed by atoms with Crippen molar-refractivity contribution in [3.63, 3.8) is 0 Å². The normalized spacial score (nSPS) is 11.3. The number of H-pyrrole nitrogens is 1. The standard InChI is InChI=1S/C25H19ClN2O/c1-15-8-13-20-23(18-6-4-3-5-7-18)25(27-24(20)16(15)2)21-14-22(29-28-21)17-9-11-19(26)12-10-17/h3-14,27H,1-2H3. The van der Waals surface area contributed by atoms with Gasteiger partial charge in [-0.3, -0.25) is 0 Å². The average Bonchev–Trinajstić information content (AvgIpc) is 3.37. The lowest BCUT2D eigenvalue weighted by molar-refractivity contribution is 0.435. The Morgan fingerprint density at radius 3 is 2.38 bits per heavy atom. The van der Waals surface area contributed by atoms with E-state index in [1.165, 1.54) is 16.5 Å². The van der Waals surface area contributed by atoms with E-state index >= 15 is 0 Å². The van der Waals surface area contributed by atoms with Crippen molar-refractivity contribution in [3.05, 3.63) is 88.9 Å². The number of halogens is 1. The van der Waals surface area contributed by atoms with E-state index in [9.17, 15) is 0 Å². The molecule has 2 aromatic heterocycles. The number of fused-ring (bicyclic) bond motifs is 1. The Balaban J connectivity index is 1.73. The fourth-order valence-electron chi connectivity index (χ4n) is 3.75. The summed E-state index contributed by atoms with van der Waals surface area (Å²) in [5.41, 5.74) is 8.60. The summed E-state index contributed by atoms with van der Waals surface area (Å²) in [6, 6.07) is 24.3. The second kappa shape index (κ2) is 6.94. The van der Waals surface area contributed by atoms with Gasteiger partial charge in [0.15, 0.2) is 5.76 Å². The summed E-state index contributed by atoms with van der Waals surface area (Å²) in [4.78, 5) is 3.62. The molecule has 29 heavy (non-hydrogen) atoms. The molecule has 0 aliphatic heterocycles. The zero-order valence-electron chi connectivity index (χ0n) is 16.2. The number of aromatic amines is 1. The number of rotatable bonds is 3. The lowest BCUT2D eigenvalue weighted by atomic mass is 9.98. The van der Waals surface area contributed by atoms with E-state index in [0.29, 0.717) is 10.8 Å². The Morgan fingerprint density at radius 1 is 0.862 bits per heavy atom. The molecule has 2 heterocycles. The van der Waals surface area contributed by atoms with Gasteiger partial charge in [0.05, 0.1) is 5.69 Å². The van der Waals surface area contributed by atoms with Crippen LogP contribution in [0.2, 0.25) is 5.02 Å². The third-order valence-electron chi connectivity index (χ3n) is 5.46. The lowest BCUT2D eigenvalue weighted by Gasteiger charge is -2.04. The molecule has 142 valence electrons. The third kappa shape index (κ3) is 3.04. The zero-order valence-corrected chi connectivity index (χ0v) is 16.9. The maximum atomic E-state index is 6.01. The summed E-state index contributed by atoms with van der Waals surface area (Å²) in [7, 11) is 0. The number of hydrogen-bond acceptors (Lipinski definition) is 2. The highest BCUT2D eigenvalue weighted by Gasteiger charge is 2.20. The van der Waals surface area contributed by atoms with Gasteiger partial charge in [0, 0.05) is 33.1 Å². The minimum atomic E-state index is 0.696. The van der Waals surface area contributed by atoms with Gasteiger partial charge in [-0.15, -0.1) is 0 Å². The van der Waals surface area contributed by atoms with E-state index in [-0.39, 0.29) is 0 Å². The quantitative estimate of drug-likeness (QED) is 0.343. The Kier molecular flexibility index (Phi) is 4.26. The fourth-order valence-corrected chi connectivity index (χ4v) is 3.87. The van der Waals surface area contributed by atoms with Crippen molar-refractivity contribution < 1.29 is 4.52 Å². The van der Waals surface area contributed by atoms with Crippen molar-refractivity contribution in [1.29, 1.82) is 0 Å². The van der Waals surface area contributed by atoms with Crippen LogP contribution in [0.25, 0.3) is 44.7 Å². The summed E-state index contributed by atoms with van der Waals surface area (Å²) >= 11 is 6.01. The topological polar surface area (TPSA) is 41.8 Å². The molecule has 0 bridgehead atoms. The van der Waals surface area contributed by atoms with E-state index < -0.39 is 0 Å². The van der Waals surface area contributed by atoms with Crippen LogP contribution in [0.1, 0.15) is 11.1 Å². The Hall–Kier alpha value is -3.30. The van der Waals surface area contributed by atoms with Crippen LogP contribution in [0.5, 0.6) is 0 Å². The minimum Gasteiger partial charge on any atom is -0.356 e. The van der Waals surface area contributed by atoms with Crippen LogP contribution in [-0.4, -0.2) is 10.1 Å². The van der Waals surface area contributed by atoms with E-state index in [4.69, 9.17) is 16.1 Å². The predicted molar refractivity (Wildman–Crippen MR) is 119 cm³/mol. The molecule has 0 aliphatic carbocycles. The first-order valence-electron chi connectivity index (χ1n) is 9.52. The van der Waals surface area contributed by atoms with Crippen LogP contribution in [-0.2, 0) is 0 Å². The van der Waals surface area contributed by atoms with Crippen LogP contribution < -0.4 is 0 Å². The molecule has 5 rings (SSSR count). The monoisotopic (exact) mass is 398 g/mol. The van der Waals surface area contributed by atoms with E-state index in [0.717, 1.165) is 33.6 Å². The van der Waals surface area contributed by atoms with Gasteiger partial charge in [-0.05, 0) is 54.8 Å². The van der Waals surface area contributed by atoms with Gasteiger partial charge >= 0.3 is 0 Å². The average molecular weight is 399 g/mol. The largest absolute Gasteiger partial charge is 0.356 e. The van der Waals surface area contributed by atoms with Gasteiger partial charge in [-0.25, -0.2) is 0 Å². The number of nitrogens with zero attached hydrogens (tertiary/aromatic N) is 1. The molecule has 0 spiro atoms. The first kappa shape index (κ1) is 17.8. The molecule has 4 heteroatoms. The number of benzene rings is 3. The molecule has 0 aliphatic rings. The number of aryl methyl sites for hydroxylation is 2. The maximum absolute atomic E-state index is 6.01. The molecule has 0 saturated carbocycles. The van der Waals surface area contributed by atoms with E-state index in [2.05, 4.69) is 60.4 Å². The van der Waals surface area contributed by atoms with E-state index in [1.807, 2.05) is 36.4 Å². The van der Waals surface area contributed by atoms with Gasteiger partial charge in [0.25, 0.3) is 0 Å². The van der Waals surface area contributed by atoms with Crippen LogP contribution in [0.3, 0.4) is 0 Å². The molecule has 0 atom stereocenters. The number of nitrogens with one attached hydrogen (secondary N) is 1. The van der Waals surface area contributed by atoms with Gasteiger partial charge in [-0.1, -0.05) is 59.2 Å². The second-order valence-electron chi connectivity index (χ2n) is 7.25. The first-order chi connectivity index (χ1) is 14.1. The SMILES string of the molecule is Cc1ccc2c(-c3ccccc3)c(-c3cc(-c4ccc(Cl)cc4)on3)[nH]c2c1C. The highest BCUT2D eigenvalue weighted by atomic mass is 35.5. The molecule has 0 fully saturated rings. The highest BCUT2D eigenvalue weighted by molar-refractivity contribution is 6.30. The van der Waals surface area contributed by atoms with Crippen LogP contribution in [0, 0.1) is 13.8 Å². The molecule has 0 amide bonds. The van der Waals surface area contributed by atoms with Crippen molar-refractivity contribution in [2.75, 3.05) is 0 Å². The smallest absolute Gasteiger partial charge is 0.167 e. The summed E-state index contributed by atoms with van der Waals surface area (Å²) < 4.78 is 5.67. The summed E-state index contributed by atoms with van der Waals surface area (Å²) in [5, 5.41) is 6.26. The summed E-state index contributed by atoms with van der Waals surface area (Å²) in [5.74, 6) is 0.710. The van der Waals surface area contributed by atoms with Crippen molar-refractivity contribution in [2.45, 2.75) is 13.8 Å². The molecule has 1 N–H and O–H groups in total. The second-order valence-corrected chi connectivity index (χ2v) is 7.69. The number of hydrogen-bond donors (Lipinski definition) is 1. The summed E-state index contributed by atoms with van der Waals surface area (Å²) in [6.45, 7) is 4.28. The van der Waals surface area contributed by atoms with Gasteiger partial charge in [0.2, 0.25) is 0 Å². The van der Waals surface area contributed by atoms with Crippen molar-refractivity contribution in [2.24, 2.45) is 0 Å². The number of aromatic nitrogens is 2. The molecule has 3 nitrogen and oxygen atoms in total. The minimum absolute atomic E-state index is 0.696. The maximum Gasteiger partial charge on any atom is 0.167 e. The molecule has 0 saturated heterocycles. The van der Waals surface area contributed by atoms with Crippen LogP contribution in [0.4, 0.5) is 0 Å². The molecular formula is C25H19ClN2O. The zero-order chi connectivity index (χ0) is 20.0. The van der Waals surface area contributed by atoms with Crippen LogP contribution >= 0.6 is 11.6 Å².